The summed E-state index contributed by atoms with van der Waals surface area (Å²) in [4.78, 5) is 4.69. The zero-order valence-electron chi connectivity index (χ0n) is 11.4. The summed E-state index contributed by atoms with van der Waals surface area (Å²) in [6, 6.07) is 0.515. The van der Waals surface area contributed by atoms with Crippen LogP contribution in [0.5, 0.6) is 0 Å². The minimum Gasteiger partial charge on any atom is -0.339 e. The molecule has 0 bridgehead atoms. The topological polar surface area (TPSA) is 51.0 Å². The van der Waals surface area contributed by atoms with Crippen LogP contribution in [0.25, 0.3) is 0 Å². The third-order valence-electron chi connectivity index (χ3n) is 4.72. The quantitative estimate of drug-likeness (QED) is 0.895. The summed E-state index contributed by atoms with van der Waals surface area (Å²) < 4.78 is 5.53. The van der Waals surface area contributed by atoms with Gasteiger partial charge >= 0.3 is 0 Å². The van der Waals surface area contributed by atoms with Gasteiger partial charge in [0.15, 0.2) is 5.82 Å². The summed E-state index contributed by atoms with van der Waals surface area (Å²) in [5, 5.41) is 7.60. The predicted octanol–water partition coefficient (Wildman–Crippen LogP) is 2.83. The Hall–Kier alpha value is -0.900. The molecule has 1 heterocycles. The van der Waals surface area contributed by atoms with E-state index in [1.165, 1.54) is 38.5 Å². The Labute approximate surface area is 109 Å². The molecular formula is C14H23N3O. The predicted molar refractivity (Wildman–Crippen MR) is 69.5 cm³/mol. The maximum Gasteiger partial charge on any atom is 0.231 e. The molecular weight excluding hydrogens is 226 g/mol. The van der Waals surface area contributed by atoms with Gasteiger partial charge in [-0.15, -0.1) is 0 Å². The van der Waals surface area contributed by atoms with Gasteiger partial charge in [-0.3, -0.25) is 0 Å². The Kier molecular flexibility index (Phi) is 3.37. The van der Waals surface area contributed by atoms with Crippen molar-refractivity contribution >= 4 is 0 Å². The average molecular weight is 249 g/mol. The van der Waals surface area contributed by atoms with E-state index in [9.17, 15) is 0 Å². The Balaban J connectivity index is 1.73. The minimum atomic E-state index is 0.426. The van der Waals surface area contributed by atoms with Gasteiger partial charge < -0.3 is 9.84 Å². The first-order valence-corrected chi connectivity index (χ1v) is 7.28. The molecule has 2 saturated carbocycles. The number of nitrogens with one attached hydrogen (secondary N) is 1. The number of hydrogen-bond donors (Lipinski definition) is 1. The summed E-state index contributed by atoms with van der Waals surface area (Å²) in [6.07, 6.45) is 7.40. The molecule has 100 valence electrons. The van der Waals surface area contributed by atoms with E-state index in [4.69, 9.17) is 4.52 Å². The SMILES string of the molecule is CNC1CCCC1c1nc(C2CCC(C)C2)no1. The van der Waals surface area contributed by atoms with Crippen LogP contribution >= 0.6 is 0 Å². The summed E-state index contributed by atoms with van der Waals surface area (Å²) in [6.45, 7) is 2.31. The number of nitrogens with zero attached hydrogens (tertiary/aromatic N) is 2. The van der Waals surface area contributed by atoms with Gasteiger partial charge in [-0.1, -0.05) is 18.5 Å². The molecule has 0 aromatic carbocycles. The fourth-order valence-electron chi connectivity index (χ4n) is 3.61. The zero-order chi connectivity index (χ0) is 12.5. The standard InChI is InChI=1S/C14H23N3O/c1-9-6-7-10(8-9)13-16-14(18-17-13)11-4-3-5-12(11)15-2/h9-12,15H,3-8H2,1-2H3. The molecule has 0 saturated heterocycles. The zero-order valence-corrected chi connectivity index (χ0v) is 11.4. The van der Waals surface area contributed by atoms with E-state index in [0.717, 1.165) is 17.6 Å². The molecule has 2 aliphatic carbocycles. The normalized spacial score (nSPS) is 36.3. The van der Waals surface area contributed by atoms with Crippen LogP contribution in [0.3, 0.4) is 0 Å². The van der Waals surface area contributed by atoms with Gasteiger partial charge in [0.2, 0.25) is 5.89 Å². The molecule has 0 amide bonds. The summed E-state index contributed by atoms with van der Waals surface area (Å²) in [7, 11) is 2.03. The summed E-state index contributed by atoms with van der Waals surface area (Å²) in [5.74, 6) is 3.59. The molecule has 4 unspecified atom stereocenters. The largest absolute Gasteiger partial charge is 0.339 e. The van der Waals surface area contributed by atoms with Gasteiger partial charge in [-0.25, -0.2) is 0 Å². The van der Waals surface area contributed by atoms with Gasteiger partial charge in [0.25, 0.3) is 0 Å². The Morgan fingerprint density at radius 3 is 2.83 bits per heavy atom. The van der Waals surface area contributed by atoms with E-state index in [1.807, 2.05) is 7.05 Å². The fourth-order valence-corrected chi connectivity index (χ4v) is 3.61. The smallest absolute Gasteiger partial charge is 0.231 e. The van der Waals surface area contributed by atoms with Gasteiger partial charge in [0.05, 0.1) is 5.92 Å². The molecule has 4 atom stereocenters. The molecule has 2 fully saturated rings. The molecule has 2 aliphatic rings. The van der Waals surface area contributed by atoms with Crippen molar-refractivity contribution in [3.63, 3.8) is 0 Å². The second kappa shape index (κ2) is 5.00. The fraction of sp³-hybridized carbons (Fsp3) is 0.857. The van der Waals surface area contributed by atoms with Crippen LogP contribution in [0.4, 0.5) is 0 Å². The lowest BCUT2D eigenvalue weighted by atomic mass is 10.0. The van der Waals surface area contributed by atoms with E-state index in [0.29, 0.717) is 17.9 Å². The maximum atomic E-state index is 5.53. The summed E-state index contributed by atoms with van der Waals surface area (Å²) >= 11 is 0. The van der Waals surface area contributed by atoms with Crippen LogP contribution in [-0.4, -0.2) is 23.2 Å². The van der Waals surface area contributed by atoms with E-state index >= 15 is 0 Å². The van der Waals surface area contributed by atoms with Gasteiger partial charge in [0, 0.05) is 12.0 Å². The Morgan fingerprint density at radius 2 is 2.11 bits per heavy atom. The highest BCUT2D eigenvalue weighted by Crippen LogP contribution is 2.38. The van der Waals surface area contributed by atoms with Gasteiger partial charge in [-0.05, 0) is 45.1 Å². The molecule has 18 heavy (non-hydrogen) atoms. The lowest BCUT2D eigenvalue weighted by Gasteiger charge is -2.14. The number of likely N-dealkylation sites (N-methyl/N-ethyl adjacent to an activating group) is 1. The molecule has 0 radical (unpaired) electrons. The molecule has 3 rings (SSSR count). The molecule has 1 aromatic heterocycles. The molecule has 1 aromatic rings. The van der Waals surface area contributed by atoms with Crippen LogP contribution in [0.1, 0.15) is 69.0 Å². The Morgan fingerprint density at radius 1 is 1.22 bits per heavy atom. The summed E-state index contributed by atoms with van der Waals surface area (Å²) in [5.41, 5.74) is 0. The van der Waals surface area contributed by atoms with Crippen molar-refractivity contribution in [2.75, 3.05) is 7.05 Å². The first-order valence-electron chi connectivity index (χ1n) is 7.28. The highest BCUT2D eigenvalue weighted by atomic mass is 16.5. The van der Waals surface area contributed by atoms with Crippen molar-refractivity contribution in [1.82, 2.24) is 15.5 Å². The third kappa shape index (κ3) is 2.18. The van der Waals surface area contributed by atoms with Crippen molar-refractivity contribution in [2.45, 2.75) is 63.3 Å². The minimum absolute atomic E-state index is 0.426. The molecule has 0 spiro atoms. The number of aromatic nitrogens is 2. The van der Waals surface area contributed by atoms with Gasteiger partial charge in [0.1, 0.15) is 0 Å². The van der Waals surface area contributed by atoms with E-state index in [-0.39, 0.29) is 0 Å². The highest BCUT2D eigenvalue weighted by Gasteiger charge is 2.33. The first-order chi connectivity index (χ1) is 8.78. The van der Waals surface area contributed by atoms with Crippen LogP contribution in [0.15, 0.2) is 4.52 Å². The number of rotatable bonds is 3. The lowest BCUT2D eigenvalue weighted by molar-refractivity contribution is 0.330. The highest BCUT2D eigenvalue weighted by molar-refractivity contribution is 5.06. The van der Waals surface area contributed by atoms with Crippen LogP contribution in [0.2, 0.25) is 0 Å². The molecule has 4 heteroatoms. The van der Waals surface area contributed by atoms with Crippen LogP contribution in [-0.2, 0) is 0 Å². The monoisotopic (exact) mass is 249 g/mol. The second-order valence-electron chi connectivity index (χ2n) is 6.04. The van der Waals surface area contributed by atoms with E-state index in [2.05, 4.69) is 22.4 Å². The van der Waals surface area contributed by atoms with Crippen molar-refractivity contribution in [3.8, 4) is 0 Å². The third-order valence-corrected chi connectivity index (χ3v) is 4.72. The number of hydrogen-bond acceptors (Lipinski definition) is 4. The first kappa shape index (κ1) is 12.2. The second-order valence-corrected chi connectivity index (χ2v) is 6.04. The lowest BCUT2D eigenvalue weighted by Crippen LogP contribution is -2.27. The van der Waals surface area contributed by atoms with Crippen molar-refractivity contribution in [3.05, 3.63) is 11.7 Å². The van der Waals surface area contributed by atoms with Crippen molar-refractivity contribution in [1.29, 1.82) is 0 Å². The van der Waals surface area contributed by atoms with Crippen LogP contribution < -0.4 is 5.32 Å². The molecule has 4 nitrogen and oxygen atoms in total. The van der Waals surface area contributed by atoms with E-state index in [1.54, 1.807) is 0 Å². The van der Waals surface area contributed by atoms with Crippen molar-refractivity contribution in [2.24, 2.45) is 5.92 Å². The Bertz CT molecular complexity index is 403. The van der Waals surface area contributed by atoms with Crippen molar-refractivity contribution < 1.29 is 4.52 Å². The van der Waals surface area contributed by atoms with Crippen LogP contribution in [0, 0.1) is 5.92 Å². The maximum absolute atomic E-state index is 5.53. The van der Waals surface area contributed by atoms with Gasteiger partial charge in [-0.2, -0.15) is 4.98 Å². The molecule has 1 N–H and O–H groups in total. The van der Waals surface area contributed by atoms with E-state index < -0.39 is 0 Å². The molecule has 0 aliphatic heterocycles. The average Bonchev–Trinajstić information content (AvgIpc) is 3.07.